The molecule has 4 rings (SSSR count). The van der Waals surface area contributed by atoms with Crippen LogP contribution < -0.4 is 4.74 Å². The van der Waals surface area contributed by atoms with E-state index >= 15 is 0 Å². The summed E-state index contributed by atoms with van der Waals surface area (Å²) in [4.78, 5) is 27.0. The molecule has 2 aromatic rings. The van der Waals surface area contributed by atoms with Crippen LogP contribution in [0.2, 0.25) is 0 Å². The van der Waals surface area contributed by atoms with E-state index in [0.29, 0.717) is 13.1 Å². The van der Waals surface area contributed by atoms with Crippen molar-refractivity contribution in [2.75, 3.05) is 18.8 Å². The summed E-state index contributed by atoms with van der Waals surface area (Å²) in [6.07, 6.45) is -0.779. The van der Waals surface area contributed by atoms with Gasteiger partial charge in [0.1, 0.15) is 23.5 Å². The third-order valence-corrected chi connectivity index (χ3v) is 6.29. The Morgan fingerprint density at radius 2 is 1.81 bits per heavy atom. The molecule has 2 aliphatic heterocycles. The Morgan fingerprint density at radius 1 is 1.19 bits per heavy atom. The number of carboxylic acids is 1. The Morgan fingerprint density at radius 3 is 2.34 bits per heavy atom. The van der Waals surface area contributed by atoms with Gasteiger partial charge >= 0.3 is 12.1 Å². The van der Waals surface area contributed by atoms with Gasteiger partial charge in [-0.1, -0.05) is 0 Å². The summed E-state index contributed by atoms with van der Waals surface area (Å²) in [5.41, 5.74) is 0.0542. The Bertz CT molecular complexity index is 963. The van der Waals surface area contributed by atoms with E-state index in [-0.39, 0.29) is 22.3 Å². The molecule has 1 spiro atoms. The highest BCUT2D eigenvalue weighted by Gasteiger charge is 2.51. The average Bonchev–Trinajstić information content (AvgIpc) is 3.10. The summed E-state index contributed by atoms with van der Waals surface area (Å²) in [5, 5.41) is 7.12. The van der Waals surface area contributed by atoms with Crippen LogP contribution in [0.1, 0.15) is 16.8 Å². The lowest BCUT2D eigenvalue weighted by Crippen LogP contribution is -2.60. The van der Waals surface area contributed by atoms with Crippen molar-refractivity contribution in [3.05, 3.63) is 59.9 Å². The predicted octanol–water partition coefficient (Wildman–Crippen LogP) is 3.77. The van der Waals surface area contributed by atoms with Gasteiger partial charge in [-0.2, -0.15) is 13.2 Å². The first-order valence-electron chi connectivity index (χ1n) is 9.24. The Labute approximate surface area is 183 Å². The summed E-state index contributed by atoms with van der Waals surface area (Å²) >= 11 is 1.79. The van der Waals surface area contributed by atoms with Crippen molar-refractivity contribution in [1.29, 1.82) is 0 Å². The molecule has 6 nitrogen and oxygen atoms in total. The highest BCUT2D eigenvalue weighted by molar-refractivity contribution is 8.01. The standard InChI is InChI=1S/C18H16F2N2O2S.C2HF3O2/c19-13-4-12(5-14(20)6-13)17(23)22-10-18(11-22)7-16(9-25-18)24-15-2-1-3-21-8-15;3-2(4,5)1(6)7/h1-6,8,16H,7,9-11H2;(H,6,7). The van der Waals surface area contributed by atoms with Crippen molar-refractivity contribution < 1.29 is 41.4 Å². The van der Waals surface area contributed by atoms with E-state index in [1.165, 1.54) is 0 Å². The lowest BCUT2D eigenvalue weighted by atomic mass is 9.92. The number of ether oxygens (including phenoxy) is 1. The van der Waals surface area contributed by atoms with Crippen molar-refractivity contribution in [3.63, 3.8) is 0 Å². The average molecular weight is 476 g/mol. The summed E-state index contributed by atoms with van der Waals surface area (Å²) < 4.78 is 64.2. The number of thioether (sulfide) groups is 1. The molecular formula is C20H17F5N2O4S. The van der Waals surface area contributed by atoms with E-state index in [1.807, 2.05) is 12.1 Å². The zero-order valence-electron chi connectivity index (χ0n) is 16.3. The number of hydrogen-bond donors (Lipinski definition) is 1. The first-order valence-corrected chi connectivity index (χ1v) is 10.2. The minimum atomic E-state index is -5.08. The smallest absolute Gasteiger partial charge is 0.488 e. The number of nitrogens with zero attached hydrogens (tertiary/aromatic N) is 2. The molecule has 3 heterocycles. The quantitative estimate of drug-likeness (QED) is 0.680. The van der Waals surface area contributed by atoms with Gasteiger partial charge in [-0.15, -0.1) is 11.8 Å². The number of aromatic nitrogens is 1. The SMILES string of the molecule is O=C(O)C(F)(F)F.O=C(c1cc(F)cc(F)c1)N1CC2(CC(Oc3cccnc3)CS2)C1. The van der Waals surface area contributed by atoms with Crippen molar-refractivity contribution in [2.24, 2.45) is 0 Å². The molecule has 1 atom stereocenters. The second-order valence-corrected chi connectivity index (χ2v) is 8.74. The number of hydrogen-bond acceptors (Lipinski definition) is 5. The number of likely N-dealkylation sites (tertiary alicyclic amines) is 1. The van der Waals surface area contributed by atoms with Gasteiger partial charge in [-0.05, 0) is 24.3 Å². The fraction of sp³-hybridized carbons (Fsp3) is 0.350. The third kappa shape index (κ3) is 5.87. The van der Waals surface area contributed by atoms with Crippen LogP contribution in [0, 0.1) is 11.6 Å². The number of carbonyl (C=O) groups is 2. The number of aliphatic carboxylic acids is 1. The maximum atomic E-state index is 13.3. The highest BCUT2D eigenvalue weighted by atomic mass is 32.2. The lowest BCUT2D eigenvalue weighted by molar-refractivity contribution is -0.192. The molecule has 1 amide bonds. The Balaban J connectivity index is 0.000000360. The normalized spacial score (nSPS) is 19.0. The molecule has 2 aliphatic rings. The number of carbonyl (C=O) groups excluding carboxylic acids is 1. The summed E-state index contributed by atoms with van der Waals surface area (Å²) in [6, 6.07) is 6.62. The Kier molecular flexibility index (Phi) is 6.91. The number of carboxylic acid groups (broad SMARTS) is 1. The maximum absolute atomic E-state index is 13.3. The van der Waals surface area contributed by atoms with Crippen molar-refractivity contribution in [1.82, 2.24) is 9.88 Å². The highest BCUT2D eigenvalue weighted by Crippen LogP contribution is 2.46. The van der Waals surface area contributed by atoms with E-state index in [9.17, 15) is 26.7 Å². The topological polar surface area (TPSA) is 79.7 Å². The molecule has 32 heavy (non-hydrogen) atoms. The fourth-order valence-corrected chi connectivity index (χ4v) is 4.88. The van der Waals surface area contributed by atoms with Gasteiger partial charge in [0.25, 0.3) is 5.91 Å². The number of halogens is 5. The van der Waals surface area contributed by atoms with Gasteiger partial charge in [0.05, 0.1) is 10.9 Å². The van der Waals surface area contributed by atoms with Crippen LogP contribution in [0.5, 0.6) is 5.75 Å². The minimum absolute atomic E-state index is 0.0194. The molecule has 1 unspecified atom stereocenters. The van der Waals surface area contributed by atoms with Crippen LogP contribution in [-0.4, -0.2) is 62.7 Å². The van der Waals surface area contributed by atoms with E-state index < -0.39 is 23.8 Å². The molecule has 1 aromatic heterocycles. The molecule has 0 saturated carbocycles. The van der Waals surface area contributed by atoms with Crippen LogP contribution in [0.15, 0.2) is 42.7 Å². The lowest BCUT2D eigenvalue weighted by Gasteiger charge is -2.47. The number of benzene rings is 1. The largest absolute Gasteiger partial charge is 0.490 e. The summed E-state index contributed by atoms with van der Waals surface area (Å²) in [6.45, 7) is 1.14. The van der Waals surface area contributed by atoms with Gasteiger partial charge in [0.2, 0.25) is 0 Å². The zero-order chi connectivity index (χ0) is 23.5. The second kappa shape index (κ2) is 9.31. The van der Waals surface area contributed by atoms with E-state index in [1.54, 1.807) is 29.1 Å². The van der Waals surface area contributed by atoms with Gasteiger partial charge in [-0.3, -0.25) is 9.78 Å². The number of amides is 1. The number of pyridine rings is 1. The Hall–Kier alpha value is -2.89. The van der Waals surface area contributed by atoms with E-state index in [0.717, 1.165) is 36.1 Å². The summed E-state index contributed by atoms with van der Waals surface area (Å²) in [7, 11) is 0. The summed E-state index contributed by atoms with van der Waals surface area (Å²) in [5.74, 6) is -2.97. The number of rotatable bonds is 3. The van der Waals surface area contributed by atoms with E-state index in [2.05, 4.69) is 4.98 Å². The molecule has 0 bridgehead atoms. The van der Waals surface area contributed by atoms with Crippen LogP contribution in [-0.2, 0) is 4.79 Å². The van der Waals surface area contributed by atoms with Crippen LogP contribution >= 0.6 is 11.8 Å². The van der Waals surface area contributed by atoms with Crippen molar-refractivity contribution in [2.45, 2.75) is 23.4 Å². The monoisotopic (exact) mass is 476 g/mol. The van der Waals surface area contributed by atoms with E-state index in [4.69, 9.17) is 14.6 Å². The van der Waals surface area contributed by atoms with Gasteiger partial charge in [0, 0.05) is 43.1 Å². The molecule has 2 fully saturated rings. The number of alkyl halides is 3. The van der Waals surface area contributed by atoms with Crippen LogP contribution in [0.4, 0.5) is 22.0 Å². The van der Waals surface area contributed by atoms with Gasteiger partial charge in [-0.25, -0.2) is 13.6 Å². The zero-order valence-corrected chi connectivity index (χ0v) is 17.1. The molecule has 172 valence electrons. The van der Waals surface area contributed by atoms with Crippen LogP contribution in [0.3, 0.4) is 0 Å². The first kappa shape index (κ1) is 23.8. The van der Waals surface area contributed by atoms with Crippen molar-refractivity contribution >= 4 is 23.6 Å². The van der Waals surface area contributed by atoms with Crippen molar-refractivity contribution in [3.8, 4) is 5.75 Å². The molecule has 2 saturated heterocycles. The molecule has 0 aliphatic carbocycles. The van der Waals surface area contributed by atoms with Gasteiger partial charge in [0.15, 0.2) is 0 Å². The fourth-order valence-electron chi connectivity index (χ4n) is 3.36. The van der Waals surface area contributed by atoms with Gasteiger partial charge < -0.3 is 14.7 Å². The molecule has 1 aromatic carbocycles. The van der Waals surface area contributed by atoms with Crippen LogP contribution in [0.25, 0.3) is 0 Å². The third-order valence-electron chi connectivity index (χ3n) is 4.71. The minimum Gasteiger partial charge on any atom is -0.488 e. The molecular weight excluding hydrogens is 459 g/mol. The first-order chi connectivity index (χ1) is 15.0. The second-order valence-electron chi connectivity index (χ2n) is 7.25. The molecule has 1 N–H and O–H groups in total. The maximum Gasteiger partial charge on any atom is 0.490 e. The molecule has 12 heteroatoms. The molecule has 0 radical (unpaired) electrons. The predicted molar refractivity (Wildman–Crippen MR) is 104 cm³/mol.